The first-order chi connectivity index (χ1) is 7.19. The summed E-state index contributed by atoms with van der Waals surface area (Å²) in [5, 5.41) is 8.87. The summed E-state index contributed by atoms with van der Waals surface area (Å²) in [7, 11) is 0. The van der Waals surface area contributed by atoms with E-state index in [1.54, 1.807) is 0 Å². The zero-order valence-corrected chi connectivity index (χ0v) is 8.12. The Morgan fingerprint density at radius 1 is 1.20 bits per heavy atom. The molecule has 1 N–H and O–H groups in total. The predicted octanol–water partition coefficient (Wildman–Crippen LogP) is 2.18. The number of hydrogen-bond donors (Lipinski definition) is 1. The van der Waals surface area contributed by atoms with Crippen molar-refractivity contribution in [1.82, 2.24) is 0 Å². The summed E-state index contributed by atoms with van der Waals surface area (Å²) in [5.74, 6) is -1.19. The monoisotopic (exact) mass is 214 g/mol. The first-order valence-corrected chi connectivity index (χ1v) is 4.91. The minimum atomic E-state index is -0.596. The lowest BCUT2D eigenvalue weighted by molar-refractivity contribution is 0.0107. The fourth-order valence-corrected chi connectivity index (χ4v) is 1.85. The lowest BCUT2D eigenvalue weighted by Crippen LogP contribution is -2.11. The predicted molar refractivity (Wildman–Crippen MR) is 50.3 cm³/mol. The van der Waals surface area contributed by atoms with Crippen LogP contribution in [0.5, 0.6) is 0 Å². The SMILES string of the molecule is OCC1CCC(c2cc(F)cc(F)c2)O1. The highest BCUT2D eigenvalue weighted by atomic mass is 19.1. The summed E-state index contributed by atoms with van der Waals surface area (Å²) in [6.45, 7) is -0.0473. The highest BCUT2D eigenvalue weighted by molar-refractivity contribution is 5.21. The van der Waals surface area contributed by atoms with Crippen molar-refractivity contribution in [3.8, 4) is 0 Å². The summed E-state index contributed by atoms with van der Waals surface area (Å²) in [4.78, 5) is 0. The van der Waals surface area contributed by atoms with Crippen LogP contribution in [0.2, 0.25) is 0 Å². The van der Waals surface area contributed by atoms with E-state index >= 15 is 0 Å². The van der Waals surface area contributed by atoms with Gasteiger partial charge in [-0.3, -0.25) is 0 Å². The lowest BCUT2D eigenvalue weighted by atomic mass is 10.1. The Labute approximate surface area is 86.5 Å². The second-order valence-corrected chi connectivity index (χ2v) is 3.71. The Morgan fingerprint density at radius 3 is 2.40 bits per heavy atom. The molecule has 0 radical (unpaired) electrons. The molecule has 0 spiro atoms. The van der Waals surface area contributed by atoms with E-state index in [9.17, 15) is 8.78 Å². The average molecular weight is 214 g/mol. The van der Waals surface area contributed by atoms with Crippen LogP contribution in [0.3, 0.4) is 0 Å². The first kappa shape index (κ1) is 10.5. The quantitative estimate of drug-likeness (QED) is 0.817. The normalized spacial score (nSPS) is 25.8. The van der Waals surface area contributed by atoms with E-state index in [1.165, 1.54) is 12.1 Å². The number of halogens is 2. The minimum absolute atomic E-state index is 0.0473. The molecular weight excluding hydrogens is 202 g/mol. The van der Waals surface area contributed by atoms with Gasteiger partial charge in [-0.05, 0) is 30.5 Å². The Bertz CT molecular complexity index is 334. The van der Waals surface area contributed by atoms with Gasteiger partial charge < -0.3 is 9.84 Å². The summed E-state index contributed by atoms with van der Waals surface area (Å²) in [6.07, 6.45) is 0.904. The molecule has 0 aliphatic carbocycles. The number of rotatable bonds is 2. The van der Waals surface area contributed by atoms with Crippen molar-refractivity contribution in [3.63, 3.8) is 0 Å². The highest BCUT2D eigenvalue weighted by Gasteiger charge is 2.26. The van der Waals surface area contributed by atoms with Crippen molar-refractivity contribution in [2.45, 2.75) is 25.0 Å². The molecule has 4 heteroatoms. The second-order valence-electron chi connectivity index (χ2n) is 3.71. The van der Waals surface area contributed by atoms with E-state index < -0.39 is 11.6 Å². The molecule has 1 aliphatic rings. The maximum Gasteiger partial charge on any atom is 0.126 e. The van der Waals surface area contributed by atoms with Gasteiger partial charge in [0.2, 0.25) is 0 Å². The molecule has 1 heterocycles. The smallest absolute Gasteiger partial charge is 0.126 e. The van der Waals surface area contributed by atoms with Crippen LogP contribution in [-0.4, -0.2) is 17.8 Å². The Kier molecular flexibility index (Phi) is 2.98. The van der Waals surface area contributed by atoms with Gasteiger partial charge in [0.25, 0.3) is 0 Å². The standard InChI is InChI=1S/C11H12F2O2/c12-8-3-7(4-9(13)5-8)11-2-1-10(6-14)15-11/h3-5,10-11,14H,1-2,6H2. The van der Waals surface area contributed by atoms with E-state index in [4.69, 9.17) is 9.84 Å². The fraction of sp³-hybridized carbons (Fsp3) is 0.455. The van der Waals surface area contributed by atoms with Crippen molar-refractivity contribution < 1.29 is 18.6 Å². The topological polar surface area (TPSA) is 29.5 Å². The van der Waals surface area contributed by atoms with Crippen LogP contribution >= 0.6 is 0 Å². The molecule has 1 saturated heterocycles. The number of hydrogen-bond acceptors (Lipinski definition) is 2. The largest absolute Gasteiger partial charge is 0.394 e. The van der Waals surface area contributed by atoms with E-state index in [2.05, 4.69) is 0 Å². The molecule has 1 aliphatic heterocycles. The summed E-state index contributed by atoms with van der Waals surface area (Å²) < 4.78 is 31.3. The number of aliphatic hydroxyl groups excluding tert-OH is 1. The van der Waals surface area contributed by atoms with Crippen LogP contribution < -0.4 is 0 Å². The molecule has 2 rings (SSSR count). The van der Waals surface area contributed by atoms with Crippen LogP contribution in [-0.2, 0) is 4.74 Å². The number of aliphatic hydroxyl groups is 1. The van der Waals surface area contributed by atoms with Crippen molar-refractivity contribution >= 4 is 0 Å². The molecule has 1 fully saturated rings. The molecule has 0 saturated carbocycles. The summed E-state index contributed by atoms with van der Waals surface area (Å²) in [5.41, 5.74) is 0.503. The number of benzene rings is 1. The Balaban J connectivity index is 2.16. The summed E-state index contributed by atoms with van der Waals surface area (Å²) >= 11 is 0. The molecule has 1 aromatic rings. The maximum atomic E-state index is 12.9. The molecule has 2 unspecified atom stereocenters. The Hall–Kier alpha value is -1.00. The van der Waals surface area contributed by atoms with Gasteiger partial charge in [0.05, 0.1) is 18.8 Å². The lowest BCUT2D eigenvalue weighted by Gasteiger charge is -2.12. The van der Waals surface area contributed by atoms with Gasteiger partial charge in [-0.15, -0.1) is 0 Å². The van der Waals surface area contributed by atoms with Gasteiger partial charge in [0.15, 0.2) is 0 Å². The molecular formula is C11H12F2O2. The first-order valence-electron chi connectivity index (χ1n) is 4.91. The average Bonchev–Trinajstić information content (AvgIpc) is 2.64. The third-order valence-electron chi connectivity index (χ3n) is 2.57. The molecule has 82 valence electrons. The zero-order chi connectivity index (χ0) is 10.8. The van der Waals surface area contributed by atoms with E-state index in [0.717, 1.165) is 12.5 Å². The van der Waals surface area contributed by atoms with Gasteiger partial charge in [-0.2, -0.15) is 0 Å². The molecule has 0 amide bonds. The Morgan fingerprint density at radius 2 is 1.87 bits per heavy atom. The minimum Gasteiger partial charge on any atom is -0.394 e. The van der Waals surface area contributed by atoms with Crippen LogP contribution in [0, 0.1) is 11.6 Å². The van der Waals surface area contributed by atoms with Gasteiger partial charge in [0.1, 0.15) is 11.6 Å². The van der Waals surface area contributed by atoms with Crippen molar-refractivity contribution in [3.05, 3.63) is 35.4 Å². The van der Waals surface area contributed by atoms with Gasteiger partial charge in [-0.25, -0.2) is 8.78 Å². The van der Waals surface area contributed by atoms with Gasteiger partial charge in [-0.1, -0.05) is 0 Å². The van der Waals surface area contributed by atoms with Gasteiger partial charge in [0, 0.05) is 6.07 Å². The van der Waals surface area contributed by atoms with Gasteiger partial charge >= 0.3 is 0 Å². The molecule has 0 aromatic heterocycles. The van der Waals surface area contributed by atoms with Crippen LogP contribution in [0.25, 0.3) is 0 Å². The second kappa shape index (κ2) is 4.24. The van der Waals surface area contributed by atoms with Crippen molar-refractivity contribution in [2.75, 3.05) is 6.61 Å². The van der Waals surface area contributed by atoms with Crippen LogP contribution in [0.15, 0.2) is 18.2 Å². The molecule has 2 nitrogen and oxygen atoms in total. The number of ether oxygens (including phenoxy) is 1. The maximum absolute atomic E-state index is 12.9. The van der Waals surface area contributed by atoms with Crippen LogP contribution in [0.1, 0.15) is 24.5 Å². The van der Waals surface area contributed by atoms with E-state index in [0.29, 0.717) is 12.0 Å². The molecule has 1 aromatic carbocycles. The van der Waals surface area contributed by atoms with E-state index in [1.807, 2.05) is 0 Å². The highest BCUT2D eigenvalue weighted by Crippen LogP contribution is 2.32. The van der Waals surface area contributed by atoms with Crippen molar-refractivity contribution in [2.24, 2.45) is 0 Å². The van der Waals surface area contributed by atoms with E-state index in [-0.39, 0.29) is 18.8 Å². The zero-order valence-electron chi connectivity index (χ0n) is 8.12. The molecule has 2 atom stereocenters. The van der Waals surface area contributed by atoms with Crippen LogP contribution in [0.4, 0.5) is 8.78 Å². The molecule has 15 heavy (non-hydrogen) atoms. The van der Waals surface area contributed by atoms with Crippen molar-refractivity contribution in [1.29, 1.82) is 0 Å². The fourth-order valence-electron chi connectivity index (χ4n) is 1.85. The third-order valence-corrected chi connectivity index (χ3v) is 2.57. The third kappa shape index (κ3) is 2.33. The summed E-state index contributed by atoms with van der Waals surface area (Å²) in [6, 6.07) is 3.38. The molecule has 0 bridgehead atoms.